The molecule has 2 rings (SSSR count). The number of likely N-dealkylation sites (tertiary alicyclic amines) is 1. The zero-order valence-electron chi connectivity index (χ0n) is 13.4. The standard InChI is InChI=1S/C16H25N3O2/c1-12(2)21-15-9-5-8-14(17-15)16(20)19(4)11-13-7-6-10-18(13)3/h5,8-9,12-13H,6-7,10-11H2,1-4H3. The van der Waals surface area contributed by atoms with E-state index in [1.165, 1.54) is 6.42 Å². The molecular weight excluding hydrogens is 266 g/mol. The Bertz CT molecular complexity index is 490. The SMILES string of the molecule is CC(C)Oc1cccc(C(=O)N(C)CC2CCCN2C)n1. The van der Waals surface area contributed by atoms with Crippen LogP contribution < -0.4 is 4.74 Å². The lowest BCUT2D eigenvalue weighted by atomic mass is 10.2. The van der Waals surface area contributed by atoms with Gasteiger partial charge in [0, 0.05) is 25.7 Å². The van der Waals surface area contributed by atoms with Gasteiger partial charge in [-0.05, 0) is 46.3 Å². The van der Waals surface area contributed by atoms with E-state index in [4.69, 9.17) is 4.74 Å². The highest BCUT2D eigenvalue weighted by Gasteiger charge is 2.24. The summed E-state index contributed by atoms with van der Waals surface area (Å²) in [7, 11) is 3.96. The highest BCUT2D eigenvalue weighted by molar-refractivity contribution is 5.92. The minimum Gasteiger partial charge on any atom is -0.475 e. The Hall–Kier alpha value is -1.62. The average Bonchev–Trinajstić information content (AvgIpc) is 2.83. The van der Waals surface area contributed by atoms with E-state index in [2.05, 4.69) is 16.9 Å². The summed E-state index contributed by atoms with van der Waals surface area (Å²) in [4.78, 5) is 20.8. The first kappa shape index (κ1) is 15.8. The van der Waals surface area contributed by atoms with Gasteiger partial charge in [0.25, 0.3) is 5.91 Å². The lowest BCUT2D eigenvalue weighted by molar-refractivity contribution is 0.0754. The number of likely N-dealkylation sites (N-methyl/N-ethyl adjacent to an activating group) is 2. The van der Waals surface area contributed by atoms with Crippen molar-refractivity contribution >= 4 is 5.91 Å². The summed E-state index contributed by atoms with van der Waals surface area (Å²) >= 11 is 0. The van der Waals surface area contributed by atoms with Gasteiger partial charge in [0.2, 0.25) is 5.88 Å². The summed E-state index contributed by atoms with van der Waals surface area (Å²) < 4.78 is 5.55. The van der Waals surface area contributed by atoms with E-state index in [0.29, 0.717) is 17.6 Å². The molecule has 0 N–H and O–H groups in total. The normalized spacial score (nSPS) is 19.0. The van der Waals surface area contributed by atoms with E-state index in [1.807, 2.05) is 27.0 Å². The molecule has 1 atom stereocenters. The first-order valence-corrected chi connectivity index (χ1v) is 7.57. The van der Waals surface area contributed by atoms with Crippen LogP contribution in [-0.2, 0) is 0 Å². The Morgan fingerprint density at radius 3 is 2.90 bits per heavy atom. The van der Waals surface area contributed by atoms with Crippen LogP contribution in [0.25, 0.3) is 0 Å². The van der Waals surface area contributed by atoms with Crippen molar-refractivity contribution in [3.05, 3.63) is 23.9 Å². The van der Waals surface area contributed by atoms with Crippen LogP contribution in [0.4, 0.5) is 0 Å². The number of carbonyl (C=O) groups is 1. The largest absolute Gasteiger partial charge is 0.475 e. The van der Waals surface area contributed by atoms with Crippen LogP contribution in [0.5, 0.6) is 5.88 Å². The molecule has 0 radical (unpaired) electrons. The number of nitrogens with zero attached hydrogens (tertiary/aromatic N) is 3. The Kier molecular flexibility index (Phi) is 5.17. The van der Waals surface area contributed by atoms with Crippen molar-refractivity contribution in [2.45, 2.75) is 38.8 Å². The molecule has 0 aromatic carbocycles. The van der Waals surface area contributed by atoms with Crippen LogP contribution >= 0.6 is 0 Å². The molecule has 1 aliphatic heterocycles. The number of carbonyl (C=O) groups excluding carboxylic acids is 1. The molecule has 1 aromatic rings. The van der Waals surface area contributed by atoms with E-state index in [1.54, 1.807) is 17.0 Å². The minimum atomic E-state index is -0.0514. The third-order valence-corrected chi connectivity index (χ3v) is 3.80. The fourth-order valence-corrected chi connectivity index (χ4v) is 2.65. The van der Waals surface area contributed by atoms with E-state index in [0.717, 1.165) is 19.5 Å². The molecule has 5 heteroatoms. The Morgan fingerprint density at radius 1 is 1.52 bits per heavy atom. The second-order valence-corrected chi connectivity index (χ2v) is 5.99. The van der Waals surface area contributed by atoms with Gasteiger partial charge in [-0.15, -0.1) is 0 Å². The van der Waals surface area contributed by atoms with Crippen molar-refractivity contribution in [3.8, 4) is 5.88 Å². The number of hydrogen-bond donors (Lipinski definition) is 0. The molecule has 0 saturated carbocycles. The summed E-state index contributed by atoms with van der Waals surface area (Å²) in [5.41, 5.74) is 0.441. The summed E-state index contributed by atoms with van der Waals surface area (Å²) in [5, 5.41) is 0. The maximum Gasteiger partial charge on any atom is 0.272 e. The van der Waals surface area contributed by atoms with Crippen molar-refractivity contribution in [3.63, 3.8) is 0 Å². The Balaban J connectivity index is 2.01. The third-order valence-electron chi connectivity index (χ3n) is 3.80. The van der Waals surface area contributed by atoms with Gasteiger partial charge >= 0.3 is 0 Å². The van der Waals surface area contributed by atoms with Crippen LogP contribution in [0.2, 0.25) is 0 Å². The van der Waals surface area contributed by atoms with E-state index < -0.39 is 0 Å². The van der Waals surface area contributed by atoms with Crippen molar-refractivity contribution < 1.29 is 9.53 Å². The number of ether oxygens (including phenoxy) is 1. The van der Waals surface area contributed by atoms with Gasteiger partial charge in [0.15, 0.2) is 0 Å². The third kappa shape index (κ3) is 4.17. The number of aromatic nitrogens is 1. The molecule has 1 aromatic heterocycles. The molecule has 0 aliphatic carbocycles. The fraction of sp³-hybridized carbons (Fsp3) is 0.625. The Morgan fingerprint density at radius 2 is 2.29 bits per heavy atom. The highest BCUT2D eigenvalue weighted by Crippen LogP contribution is 2.17. The van der Waals surface area contributed by atoms with E-state index in [9.17, 15) is 4.79 Å². The van der Waals surface area contributed by atoms with Crippen molar-refractivity contribution in [1.29, 1.82) is 0 Å². The molecule has 1 unspecified atom stereocenters. The monoisotopic (exact) mass is 291 g/mol. The molecule has 2 heterocycles. The molecular formula is C16H25N3O2. The van der Waals surface area contributed by atoms with Crippen molar-refractivity contribution in [1.82, 2.24) is 14.8 Å². The lowest BCUT2D eigenvalue weighted by Gasteiger charge is -2.25. The topological polar surface area (TPSA) is 45.7 Å². The Labute approximate surface area is 126 Å². The van der Waals surface area contributed by atoms with Crippen LogP contribution in [0.1, 0.15) is 37.2 Å². The maximum absolute atomic E-state index is 12.5. The second-order valence-electron chi connectivity index (χ2n) is 5.99. The van der Waals surface area contributed by atoms with Gasteiger partial charge in [0.1, 0.15) is 5.69 Å². The molecule has 1 amide bonds. The van der Waals surface area contributed by atoms with Crippen molar-refractivity contribution in [2.24, 2.45) is 0 Å². The molecule has 0 spiro atoms. The van der Waals surface area contributed by atoms with Gasteiger partial charge < -0.3 is 14.5 Å². The van der Waals surface area contributed by atoms with Crippen molar-refractivity contribution in [2.75, 3.05) is 27.2 Å². The maximum atomic E-state index is 12.5. The van der Waals surface area contributed by atoms with Gasteiger partial charge in [0.05, 0.1) is 6.10 Å². The van der Waals surface area contributed by atoms with Gasteiger partial charge in [-0.25, -0.2) is 4.98 Å². The predicted molar refractivity (Wildman–Crippen MR) is 82.6 cm³/mol. The lowest BCUT2D eigenvalue weighted by Crippen LogP contribution is -2.39. The molecule has 5 nitrogen and oxygen atoms in total. The first-order chi connectivity index (χ1) is 9.97. The van der Waals surface area contributed by atoms with Gasteiger partial charge in [-0.2, -0.15) is 0 Å². The van der Waals surface area contributed by atoms with Crippen LogP contribution in [0.15, 0.2) is 18.2 Å². The van der Waals surface area contributed by atoms with Crippen LogP contribution in [-0.4, -0.2) is 60.0 Å². The number of rotatable bonds is 5. The average molecular weight is 291 g/mol. The summed E-state index contributed by atoms with van der Waals surface area (Å²) in [6.45, 7) is 5.74. The van der Waals surface area contributed by atoms with E-state index in [-0.39, 0.29) is 12.0 Å². The zero-order chi connectivity index (χ0) is 15.4. The summed E-state index contributed by atoms with van der Waals surface area (Å²) in [6, 6.07) is 5.79. The van der Waals surface area contributed by atoms with Crippen LogP contribution in [0, 0.1) is 0 Å². The molecule has 1 fully saturated rings. The van der Waals surface area contributed by atoms with Crippen LogP contribution in [0.3, 0.4) is 0 Å². The van der Waals surface area contributed by atoms with Gasteiger partial charge in [-0.3, -0.25) is 4.79 Å². The molecule has 1 saturated heterocycles. The highest BCUT2D eigenvalue weighted by atomic mass is 16.5. The molecule has 1 aliphatic rings. The molecule has 116 valence electrons. The summed E-state index contributed by atoms with van der Waals surface area (Å²) in [5.74, 6) is 0.451. The summed E-state index contributed by atoms with van der Waals surface area (Å²) in [6.07, 6.45) is 2.41. The van der Waals surface area contributed by atoms with E-state index >= 15 is 0 Å². The molecule has 0 bridgehead atoms. The number of amides is 1. The quantitative estimate of drug-likeness (QED) is 0.833. The zero-order valence-corrected chi connectivity index (χ0v) is 13.4. The molecule has 21 heavy (non-hydrogen) atoms. The first-order valence-electron chi connectivity index (χ1n) is 7.57. The minimum absolute atomic E-state index is 0.0488. The number of hydrogen-bond acceptors (Lipinski definition) is 4. The number of pyridine rings is 1. The smallest absolute Gasteiger partial charge is 0.272 e. The second kappa shape index (κ2) is 6.89. The fourth-order valence-electron chi connectivity index (χ4n) is 2.65. The van der Waals surface area contributed by atoms with Gasteiger partial charge in [-0.1, -0.05) is 6.07 Å². The predicted octanol–water partition coefficient (Wildman–Crippen LogP) is 2.04.